The molecule has 2 aliphatic rings. The molecule has 2 heterocycles. The SMILES string of the molecule is Cc1ccc(C(=O)N2CCOCC2)cc1NC(=O)[C@H]1CCN[C@@H](C)C1. The third-order valence-electron chi connectivity index (χ3n) is 5.04. The highest BCUT2D eigenvalue weighted by molar-refractivity contribution is 5.98. The van der Waals surface area contributed by atoms with Gasteiger partial charge in [-0.3, -0.25) is 9.59 Å². The molecule has 6 nitrogen and oxygen atoms in total. The summed E-state index contributed by atoms with van der Waals surface area (Å²) >= 11 is 0. The second kappa shape index (κ2) is 7.97. The van der Waals surface area contributed by atoms with Crippen LogP contribution in [0.25, 0.3) is 0 Å². The number of carbonyl (C=O) groups is 2. The lowest BCUT2D eigenvalue weighted by Gasteiger charge is -2.28. The third kappa shape index (κ3) is 4.38. The van der Waals surface area contributed by atoms with Gasteiger partial charge < -0.3 is 20.3 Å². The maximum absolute atomic E-state index is 12.6. The van der Waals surface area contributed by atoms with E-state index in [1.165, 1.54) is 0 Å². The molecule has 1 aromatic carbocycles. The van der Waals surface area contributed by atoms with Crippen molar-refractivity contribution in [3.05, 3.63) is 29.3 Å². The Morgan fingerprint density at radius 2 is 2.04 bits per heavy atom. The Kier molecular flexibility index (Phi) is 5.71. The molecule has 0 bridgehead atoms. The summed E-state index contributed by atoms with van der Waals surface area (Å²) in [6.45, 7) is 7.30. The van der Waals surface area contributed by atoms with E-state index >= 15 is 0 Å². The second-order valence-electron chi connectivity index (χ2n) is 7.00. The summed E-state index contributed by atoms with van der Waals surface area (Å²) in [4.78, 5) is 27.0. The number of ether oxygens (including phenoxy) is 1. The Morgan fingerprint density at radius 1 is 1.28 bits per heavy atom. The Morgan fingerprint density at radius 3 is 2.76 bits per heavy atom. The average Bonchev–Trinajstić information content (AvgIpc) is 2.63. The van der Waals surface area contributed by atoms with E-state index in [0.717, 1.165) is 30.6 Å². The smallest absolute Gasteiger partial charge is 0.254 e. The molecule has 2 amide bonds. The zero-order valence-electron chi connectivity index (χ0n) is 15.0. The molecule has 0 unspecified atom stereocenters. The quantitative estimate of drug-likeness (QED) is 0.876. The van der Waals surface area contributed by atoms with Gasteiger partial charge in [0.25, 0.3) is 5.91 Å². The van der Waals surface area contributed by atoms with Gasteiger partial charge >= 0.3 is 0 Å². The van der Waals surface area contributed by atoms with Crippen LogP contribution < -0.4 is 10.6 Å². The molecule has 0 spiro atoms. The van der Waals surface area contributed by atoms with Crippen LogP contribution in [0, 0.1) is 12.8 Å². The van der Waals surface area contributed by atoms with Gasteiger partial charge in [-0.15, -0.1) is 0 Å². The molecule has 1 aromatic rings. The minimum absolute atomic E-state index is 0.00529. The molecule has 2 aliphatic heterocycles. The van der Waals surface area contributed by atoms with Crippen LogP contribution in [0.4, 0.5) is 5.69 Å². The number of benzene rings is 1. The molecule has 25 heavy (non-hydrogen) atoms. The molecule has 2 fully saturated rings. The van der Waals surface area contributed by atoms with Crippen LogP contribution in [-0.2, 0) is 9.53 Å². The summed E-state index contributed by atoms with van der Waals surface area (Å²) in [6, 6.07) is 5.89. The Balaban J connectivity index is 1.70. The summed E-state index contributed by atoms with van der Waals surface area (Å²) in [7, 11) is 0. The fourth-order valence-corrected chi connectivity index (χ4v) is 3.44. The fourth-order valence-electron chi connectivity index (χ4n) is 3.44. The van der Waals surface area contributed by atoms with Crippen molar-refractivity contribution in [3.63, 3.8) is 0 Å². The molecule has 3 rings (SSSR count). The molecule has 2 atom stereocenters. The standard InChI is InChI=1S/C19H27N3O3/c1-13-3-4-16(19(24)22-7-9-25-10-8-22)12-17(13)21-18(23)15-5-6-20-14(2)11-15/h3-4,12,14-15,20H,5-11H2,1-2H3,(H,21,23)/t14-,15-/m0/s1. The zero-order chi connectivity index (χ0) is 17.8. The lowest BCUT2D eigenvalue weighted by molar-refractivity contribution is -0.120. The number of piperidine rings is 1. The van der Waals surface area contributed by atoms with Gasteiger partial charge in [0.2, 0.25) is 5.91 Å². The first-order chi connectivity index (χ1) is 12.0. The topological polar surface area (TPSA) is 70.7 Å². The van der Waals surface area contributed by atoms with Gasteiger partial charge in [0.05, 0.1) is 13.2 Å². The number of nitrogens with one attached hydrogen (secondary N) is 2. The van der Waals surface area contributed by atoms with E-state index in [1.54, 1.807) is 11.0 Å². The monoisotopic (exact) mass is 345 g/mol. The Labute approximate surface area is 148 Å². The lowest BCUT2D eigenvalue weighted by atomic mass is 9.92. The highest BCUT2D eigenvalue weighted by Gasteiger charge is 2.25. The van der Waals surface area contributed by atoms with Gasteiger partial charge in [0.1, 0.15) is 0 Å². The zero-order valence-corrected chi connectivity index (χ0v) is 15.0. The van der Waals surface area contributed by atoms with Crippen molar-refractivity contribution >= 4 is 17.5 Å². The molecule has 136 valence electrons. The molecule has 2 N–H and O–H groups in total. The number of hydrogen-bond acceptors (Lipinski definition) is 4. The summed E-state index contributed by atoms with van der Waals surface area (Å²) < 4.78 is 5.30. The first-order valence-corrected chi connectivity index (χ1v) is 9.06. The number of anilines is 1. The van der Waals surface area contributed by atoms with Gasteiger partial charge in [0, 0.05) is 36.3 Å². The molecular formula is C19H27N3O3. The number of morpholine rings is 1. The van der Waals surface area contributed by atoms with E-state index in [-0.39, 0.29) is 17.7 Å². The number of amides is 2. The molecule has 0 radical (unpaired) electrons. The van der Waals surface area contributed by atoms with Gasteiger partial charge in [-0.05, 0) is 50.9 Å². The molecule has 2 saturated heterocycles. The number of carbonyl (C=O) groups excluding carboxylic acids is 2. The van der Waals surface area contributed by atoms with Gasteiger partial charge in [0.15, 0.2) is 0 Å². The van der Waals surface area contributed by atoms with Crippen molar-refractivity contribution < 1.29 is 14.3 Å². The van der Waals surface area contributed by atoms with Crippen LogP contribution >= 0.6 is 0 Å². The number of rotatable bonds is 3. The molecule has 0 saturated carbocycles. The van der Waals surface area contributed by atoms with Crippen molar-refractivity contribution in [3.8, 4) is 0 Å². The van der Waals surface area contributed by atoms with Crippen molar-refractivity contribution in [1.82, 2.24) is 10.2 Å². The number of hydrogen-bond donors (Lipinski definition) is 2. The van der Waals surface area contributed by atoms with Gasteiger partial charge in [-0.1, -0.05) is 6.07 Å². The second-order valence-corrected chi connectivity index (χ2v) is 7.00. The van der Waals surface area contributed by atoms with Gasteiger partial charge in [-0.25, -0.2) is 0 Å². The minimum Gasteiger partial charge on any atom is -0.378 e. The van der Waals surface area contributed by atoms with Crippen LogP contribution in [0.15, 0.2) is 18.2 Å². The largest absolute Gasteiger partial charge is 0.378 e. The van der Waals surface area contributed by atoms with E-state index in [0.29, 0.717) is 37.9 Å². The highest BCUT2D eigenvalue weighted by Crippen LogP contribution is 2.22. The predicted molar refractivity (Wildman–Crippen MR) is 96.7 cm³/mol. The maximum atomic E-state index is 12.6. The third-order valence-corrected chi connectivity index (χ3v) is 5.04. The van der Waals surface area contributed by atoms with Crippen LogP contribution in [0.3, 0.4) is 0 Å². The number of nitrogens with zero attached hydrogens (tertiary/aromatic N) is 1. The first kappa shape index (κ1) is 17.9. The normalized spacial score (nSPS) is 24.0. The van der Waals surface area contributed by atoms with Crippen molar-refractivity contribution in [2.75, 3.05) is 38.2 Å². The fraction of sp³-hybridized carbons (Fsp3) is 0.579. The summed E-state index contributed by atoms with van der Waals surface area (Å²) in [5, 5.41) is 6.40. The number of aryl methyl sites for hydroxylation is 1. The van der Waals surface area contributed by atoms with Crippen molar-refractivity contribution in [2.24, 2.45) is 5.92 Å². The van der Waals surface area contributed by atoms with E-state index in [9.17, 15) is 9.59 Å². The average molecular weight is 345 g/mol. The minimum atomic E-state index is -0.00529. The van der Waals surface area contributed by atoms with E-state index in [2.05, 4.69) is 17.6 Å². The Bertz CT molecular complexity index is 641. The van der Waals surface area contributed by atoms with E-state index in [4.69, 9.17) is 4.74 Å². The van der Waals surface area contributed by atoms with Crippen LogP contribution in [0.1, 0.15) is 35.7 Å². The predicted octanol–water partition coefficient (Wildman–Crippen LogP) is 1.79. The lowest BCUT2D eigenvalue weighted by Crippen LogP contribution is -2.41. The molecule has 0 aliphatic carbocycles. The first-order valence-electron chi connectivity index (χ1n) is 9.06. The van der Waals surface area contributed by atoms with Crippen molar-refractivity contribution in [1.29, 1.82) is 0 Å². The van der Waals surface area contributed by atoms with Crippen molar-refractivity contribution in [2.45, 2.75) is 32.7 Å². The summed E-state index contributed by atoms with van der Waals surface area (Å²) in [6.07, 6.45) is 1.69. The summed E-state index contributed by atoms with van der Waals surface area (Å²) in [5.74, 6) is 0.0657. The van der Waals surface area contributed by atoms with Crippen LogP contribution in [-0.4, -0.2) is 55.6 Å². The van der Waals surface area contributed by atoms with Crippen LogP contribution in [0.5, 0.6) is 0 Å². The highest BCUT2D eigenvalue weighted by atomic mass is 16.5. The van der Waals surface area contributed by atoms with Crippen LogP contribution in [0.2, 0.25) is 0 Å². The molecule has 0 aromatic heterocycles. The Hall–Kier alpha value is -1.92. The van der Waals surface area contributed by atoms with E-state index < -0.39 is 0 Å². The molecular weight excluding hydrogens is 318 g/mol. The van der Waals surface area contributed by atoms with Gasteiger partial charge in [-0.2, -0.15) is 0 Å². The molecule has 6 heteroatoms. The van der Waals surface area contributed by atoms with E-state index in [1.807, 2.05) is 19.1 Å². The maximum Gasteiger partial charge on any atom is 0.254 e. The summed E-state index contributed by atoms with van der Waals surface area (Å²) in [5.41, 5.74) is 2.31.